The molecular formula is C13H26N2O2. The van der Waals surface area contributed by atoms with E-state index >= 15 is 0 Å². The van der Waals surface area contributed by atoms with Crippen LogP contribution in [0, 0.1) is 5.92 Å². The highest BCUT2D eigenvalue weighted by molar-refractivity contribution is 5.67. The Morgan fingerprint density at radius 2 is 2.18 bits per heavy atom. The molecule has 4 nitrogen and oxygen atoms in total. The number of carboxylic acid groups (broad SMARTS) is 1. The van der Waals surface area contributed by atoms with Crippen LogP contribution in [-0.4, -0.2) is 47.2 Å². The van der Waals surface area contributed by atoms with E-state index in [0.717, 1.165) is 26.1 Å². The van der Waals surface area contributed by atoms with Crippen molar-refractivity contribution in [3.8, 4) is 0 Å². The molecule has 0 aliphatic carbocycles. The lowest BCUT2D eigenvalue weighted by molar-refractivity contribution is -0.139. The quantitative estimate of drug-likeness (QED) is 0.768. The number of piperazine rings is 1. The topological polar surface area (TPSA) is 52.6 Å². The van der Waals surface area contributed by atoms with Crippen LogP contribution in [-0.2, 0) is 4.79 Å². The summed E-state index contributed by atoms with van der Waals surface area (Å²) in [7, 11) is 0. The average Bonchev–Trinajstić information content (AvgIpc) is 2.14. The molecule has 0 aromatic heterocycles. The second-order valence-electron chi connectivity index (χ2n) is 6.07. The van der Waals surface area contributed by atoms with E-state index in [1.165, 1.54) is 0 Å². The first-order valence-electron chi connectivity index (χ1n) is 6.52. The van der Waals surface area contributed by atoms with Crippen molar-refractivity contribution >= 4 is 5.97 Å². The van der Waals surface area contributed by atoms with E-state index in [1.807, 2.05) is 0 Å². The summed E-state index contributed by atoms with van der Waals surface area (Å²) in [5.74, 6) is -0.0461. The molecule has 0 bridgehead atoms. The van der Waals surface area contributed by atoms with Gasteiger partial charge in [0.2, 0.25) is 0 Å². The third-order valence-corrected chi connectivity index (χ3v) is 3.51. The van der Waals surface area contributed by atoms with E-state index in [-0.39, 0.29) is 18.0 Å². The molecule has 0 aromatic carbocycles. The lowest BCUT2D eigenvalue weighted by atomic mass is 9.93. The van der Waals surface area contributed by atoms with Gasteiger partial charge >= 0.3 is 5.97 Å². The normalized spacial score (nSPS) is 25.1. The predicted molar refractivity (Wildman–Crippen MR) is 69.2 cm³/mol. The van der Waals surface area contributed by atoms with Gasteiger partial charge in [0.15, 0.2) is 0 Å². The molecule has 1 aliphatic rings. The maximum Gasteiger partial charge on any atom is 0.304 e. The number of rotatable bonds is 5. The number of nitrogens with one attached hydrogen (secondary N) is 1. The molecule has 0 radical (unpaired) electrons. The van der Waals surface area contributed by atoms with Crippen molar-refractivity contribution < 1.29 is 9.90 Å². The van der Waals surface area contributed by atoms with Crippen molar-refractivity contribution in [2.45, 2.75) is 52.1 Å². The summed E-state index contributed by atoms with van der Waals surface area (Å²) in [6.45, 7) is 11.5. The molecular weight excluding hydrogens is 216 g/mol. The fourth-order valence-electron chi connectivity index (χ4n) is 2.52. The Bertz CT molecular complexity index is 264. The molecule has 1 rings (SSSR count). The van der Waals surface area contributed by atoms with Crippen LogP contribution in [0.3, 0.4) is 0 Å². The SMILES string of the molecule is CC(C)CCN1C(CC(=O)O)CNCC1(C)C. The Morgan fingerprint density at radius 3 is 2.71 bits per heavy atom. The van der Waals surface area contributed by atoms with E-state index in [4.69, 9.17) is 5.11 Å². The lowest BCUT2D eigenvalue weighted by Gasteiger charge is -2.48. The van der Waals surface area contributed by atoms with Crippen LogP contribution in [0.2, 0.25) is 0 Å². The fourth-order valence-corrected chi connectivity index (χ4v) is 2.52. The van der Waals surface area contributed by atoms with E-state index in [2.05, 4.69) is 37.9 Å². The highest BCUT2D eigenvalue weighted by atomic mass is 16.4. The molecule has 1 heterocycles. The van der Waals surface area contributed by atoms with E-state index in [9.17, 15) is 4.79 Å². The van der Waals surface area contributed by atoms with Gasteiger partial charge < -0.3 is 10.4 Å². The molecule has 0 amide bonds. The molecule has 0 aromatic rings. The second kappa shape index (κ2) is 5.83. The Morgan fingerprint density at radius 1 is 1.53 bits per heavy atom. The van der Waals surface area contributed by atoms with E-state index in [1.54, 1.807) is 0 Å². The number of hydrogen-bond donors (Lipinski definition) is 2. The van der Waals surface area contributed by atoms with Crippen molar-refractivity contribution in [3.05, 3.63) is 0 Å². The van der Waals surface area contributed by atoms with Crippen molar-refractivity contribution in [1.82, 2.24) is 10.2 Å². The van der Waals surface area contributed by atoms with Gasteiger partial charge in [0.1, 0.15) is 0 Å². The standard InChI is InChI=1S/C13H26N2O2/c1-10(2)5-6-15-11(7-12(16)17)8-14-9-13(15,3)4/h10-11,14H,5-9H2,1-4H3,(H,16,17). The fraction of sp³-hybridized carbons (Fsp3) is 0.923. The zero-order valence-corrected chi connectivity index (χ0v) is 11.5. The monoisotopic (exact) mass is 242 g/mol. The van der Waals surface area contributed by atoms with Gasteiger partial charge in [-0.25, -0.2) is 0 Å². The zero-order valence-electron chi connectivity index (χ0n) is 11.5. The molecule has 2 N–H and O–H groups in total. The number of aliphatic carboxylic acids is 1. The predicted octanol–water partition coefficient (Wildman–Crippen LogP) is 1.56. The summed E-state index contributed by atoms with van der Waals surface area (Å²) < 4.78 is 0. The van der Waals surface area contributed by atoms with Crippen LogP contribution in [0.1, 0.15) is 40.5 Å². The minimum absolute atomic E-state index is 0.0489. The number of nitrogens with zero attached hydrogens (tertiary/aromatic N) is 1. The van der Waals surface area contributed by atoms with Crippen molar-refractivity contribution in [2.24, 2.45) is 5.92 Å². The molecule has 1 saturated heterocycles. The Balaban J connectivity index is 2.68. The first-order chi connectivity index (χ1) is 7.83. The van der Waals surface area contributed by atoms with E-state index in [0.29, 0.717) is 5.92 Å². The molecule has 1 aliphatic heterocycles. The Labute approximate surface area is 104 Å². The summed E-state index contributed by atoms with van der Waals surface area (Å²) in [4.78, 5) is 13.3. The summed E-state index contributed by atoms with van der Waals surface area (Å²) in [5, 5.41) is 12.3. The van der Waals surface area contributed by atoms with Gasteiger partial charge in [-0.3, -0.25) is 9.69 Å². The molecule has 17 heavy (non-hydrogen) atoms. The molecule has 1 unspecified atom stereocenters. The maximum absolute atomic E-state index is 10.9. The highest BCUT2D eigenvalue weighted by Crippen LogP contribution is 2.23. The molecule has 0 spiro atoms. The minimum Gasteiger partial charge on any atom is -0.481 e. The Hall–Kier alpha value is -0.610. The van der Waals surface area contributed by atoms with Crippen LogP contribution in [0.5, 0.6) is 0 Å². The highest BCUT2D eigenvalue weighted by Gasteiger charge is 2.36. The number of hydrogen-bond acceptors (Lipinski definition) is 3. The maximum atomic E-state index is 10.9. The van der Waals surface area contributed by atoms with Crippen molar-refractivity contribution in [1.29, 1.82) is 0 Å². The van der Waals surface area contributed by atoms with Gasteiger partial charge in [0, 0.05) is 24.7 Å². The van der Waals surface area contributed by atoms with Crippen LogP contribution < -0.4 is 5.32 Å². The van der Waals surface area contributed by atoms with Gasteiger partial charge in [-0.15, -0.1) is 0 Å². The van der Waals surface area contributed by atoms with Gasteiger partial charge in [-0.05, 0) is 32.7 Å². The summed E-state index contributed by atoms with van der Waals surface area (Å²) in [6, 6.07) is 0.120. The largest absolute Gasteiger partial charge is 0.481 e. The second-order valence-corrected chi connectivity index (χ2v) is 6.07. The number of carbonyl (C=O) groups is 1. The average molecular weight is 242 g/mol. The molecule has 1 atom stereocenters. The molecule has 0 saturated carbocycles. The zero-order chi connectivity index (χ0) is 13.1. The van der Waals surface area contributed by atoms with Crippen molar-refractivity contribution in [3.63, 3.8) is 0 Å². The Kier molecular flexibility index (Phi) is 4.95. The van der Waals surface area contributed by atoms with Gasteiger partial charge in [0.05, 0.1) is 6.42 Å². The smallest absolute Gasteiger partial charge is 0.304 e. The molecule has 100 valence electrons. The van der Waals surface area contributed by atoms with Crippen LogP contribution in [0.4, 0.5) is 0 Å². The van der Waals surface area contributed by atoms with Gasteiger partial charge in [-0.2, -0.15) is 0 Å². The van der Waals surface area contributed by atoms with Crippen molar-refractivity contribution in [2.75, 3.05) is 19.6 Å². The minimum atomic E-state index is -0.705. The van der Waals surface area contributed by atoms with Crippen LogP contribution >= 0.6 is 0 Å². The summed E-state index contributed by atoms with van der Waals surface area (Å²) in [6.07, 6.45) is 1.36. The first kappa shape index (κ1) is 14.5. The van der Waals surface area contributed by atoms with Gasteiger partial charge in [0.25, 0.3) is 0 Å². The number of carboxylic acids is 1. The first-order valence-corrected chi connectivity index (χ1v) is 6.52. The molecule has 4 heteroatoms. The summed E-state index contributed by atoms with van der Waals surface area (Å²) >= 11 is 0. The summed E-state index contributed by atoms with van der Waals surface area (Å²) in [5.41, 5.74) is 0.0489. The van der Waals surface area contributed by atoms with Crippen LogP contribution in [0.25, 0.3) is 0 Å². The third kappa shape index (κ3) is 4.28. The van der Waals surface area contributed by atoms with Gasteiger partial charge in [-0.1, -0.05) is 13.8 Å². The third-order valence-electron chi connectivity index (χ3n) is 3.51. The van der Waals surface area contributed by atoms with Crippen LogP contribution in [0.15, 0.2) is 0 Å². The molecule has 1 fully saturated rings. The lowest BCUT2D eigenvalue weighted by Crippen LogP contribution is -2.63. The van der Waals surface area contributed by atoms with E-state index < -0.39 is 5.97 Å².